The van der Waals surface area contributed by atoms with Crippen LogP contribution in [0.3, 0.4) is 0 Å². The number of primary amides is 1. The molecule has 0 bridgehead atoms. The molecule has 0 aliphatic heterocycles. The first-order chi connectivity index (χ1) is 8.21. The van der Waals surface area contributed by atoms with E-state index in [0.717, 1.165) is 5.69 Å². The molecule has 1 amide bonds. The molecule has 6 nitrogen and oxygen atoms in total. The monoisotopic (exact) mass is 252 g/mol. The molecule has 2 N–H and O–H groups in total. The summed E-state index contributed by atoms with van der Waals surface area (Å²) in [5.74, 6) is 0.588. The van der Waals surface area contributed by atoms with Gasteiger partial charge in [-0.05, 0) is 18.4 Å². The fraction of sp³-hybridized carbons (Fsp3) is 0.583. The van der Waals surface area contributed by atoms with Crippen LogP contribution in [0.5, 0.6) is 0 Å². The molecule has 1 rings (SSSR count). The van der Waals surface area contributed by atoms with Crippen molar-refractivity contribution in [1.29, 1.82) is 0 Å². The van der Waals surface area contributed by atoms with Crippen LogP contribution in [0, 0.1) is 18.3 Å². The van der Waals surface area contributed by atoms with Gasteiger partial charge in [0.25, 0.3) is 0 Å². The number of nitrogens with zero attached hydrogens (tertiary/aromatic N) is 3. The Morgan fingerprint density at radius 3 is 2.56 bits per heavy atom. The molecule has 1 aromatic rings. The molecule has 1 atom stereocenters. The van der Waals surface area contributed by atoms with E-state index in [0.29, 0.717) is 5.84 Å². The Balaban J connectivity index is 3.10. The first kappa shape index (κ1) is 14.2. The largest absolute Gasteiger partial charge is 0.430 e. The first-order valence-corrected chi connectivity index (χ1v) is 5.79. The lowest BCUT2D eigenvalue weighted by atomic mass is 9.81. The normalized spacial score (nSPS) is 14.4. The number of oxime groups is 1. The minimum absolute atomic E-state index is 0.0381. The van der Waals surface area contributed by atoms with E-state index in [1.165, 1.54) is 0 Å². The summed E-state index contributed by atoms with van der Waals surface area (Å²) < 4.78 is 1.61. The van der Waals surface area contributed by atoms with Gasteiger partial charge in [-0.2, -0.15) is 5.10 Å². The van der Waals surface area contributed by atoms with Crippen LogP contribution >= 0.6 is 0 Å². The van der Waals surface area contributed by atoms with Gasteiger partial charge in [-0.25, -0.2) is 9.48 Å². The Bertz CT molecular complexity index is 457. The number of hydrogen-bond donors (Lipinski definition) is 1. The van der Waals surface area contributed by atoms with E-state index in [4.69, 9.17) is 5.73 Å². The molecule has 0 fully saturated rings. The molecule has 1 heterocycles. The highest BCUT2D eigenvalue weighted by Gasteiger charge is 2.27. The standard InChI is InChI=1S/C12H20N4O2/c1-8-6-7-16(14-8)10(15-18-11(13)17)9(2)12(3,4)5/h6-7,9H,1-5H3,(H2,13,17). The molecule has 0 radical (unpaired) electrons. The van der Waals surface area contributed by atoms with Crippen LogP contribution in [0.15, 0.2) is 17.4 Å². The summed E-state index contributed by atoms with van der Waals surface area (Å²) in [6.45, 7) is 10.1. The fourth-order valence-electron chi connectivity index (χ4n) is 1.34. The van der Waals surface area contributed by atoms with E-state index in [-0.39, 0.29) is 11.3 Å². The molecule has 18 heavy (non-hydrogen) atoms. The van der Waals surface area contributed by atoms with Gasteiger partial charge in [0.05, 0.1) is 5.69 Å². The highest BCUT2D eigenvalue weighted by molar-refractivity contribution is 5.86. The van der Waals surface area contributed by atoms with Crippen LogP contribution in [0.2, 0.25) is 0 Å². The lowest BCUT2D eigenvalue weighted by molar-refractivity contribution is 0.158. The van der Waals surface area contributed by atoms with Crippen LogP contribution in [0.25, 0.3) is 0 Å². The van der Waals surface area contributed by atoms with Gasteiger partial charge < -0.3 is 5.73 Å². The Kier molecular flexibility index (Phi) is 4.11. The van der Waals surface area contributed by atoms with Crippen molar-refractivity contribution in [2.75, 3.05) is 0 Å². The smallest absolute Gasteiger partial charge is 0.333 e. The van der Waals surface area contributed by atoms with E-state index in [1.807, 2.05) is 19.9 Å². The van der Waals surface area contributed by atoms with Gasteiger partial charge in [0.1, 0.15) is 0 Å². The zero-order chi connectivity index (χ0) is 13.9. The Morgan fingerprint density at radius 1 is 1.56 bits per heavy atom. The number of rotatable bonds is 2. The minimum Gasteiger partial charge on any atom is -0.333 e. The topological polar surface area (TPSA) is 82.5 Å². The third-order valence-corrected chi connectivity index (χ3v) is 2.87. The van der Waals surface area contributed by atoms with Gasteiger partial charge in [-0.1, -0.05) is 32.9 Å². The molecular formula is C12H20N4O2. The summed E-state index contributed by atoms with van der Waals surface area (Å²) in [5, 5.41) is 8.09. The van der Waals surface area contributed by atoms with Crippen molar-refractivity contribution in [3.05, 3.63) is 18.0 Å². The average Bonchev–Trinajstić information content (AvgIpc) is 2.63. The van der Waals surface area contributed by atoms with Crippen molar-refractivity contribution >= 4 is 11.9 Å². The molecular weight excluding hydrogens is 232 g/mol. The predicted molar refractivity (Wildman–Crippen MR) is 69.1 cm³/mol. The lowest BCUT2D eigenvalue weighted by Gasteiger charge is -2.27. The Morgan fingerprint density at radius 2 is 2.17 bits per heavy atom. The summed E-state index contributed by atoms with van der Waals surface area (Å²) in [4.78, 5) is 15.2. The molecule has 100 valence electrons. The van der Waals surface area contributed by atoms with Crippen molar-refractivity contribution in [1.82, 2.24) is 9.78 Å². The van der Waals surface area contributed by atoms with E-state index in [1.54, 1.807) is 10.9 Å². The maximum atomic E-state index is 10.7. The molecule has 0 saturated carbocycles. The number of carbonyl (C=O) groups excluding carboxylic acids is 1. The van der Waals surface area contributed by atoms with Gasteiger partial charge in [-0.3, -0.25) is 4.84 Å². The van der Waals surface area contributed by atoms with Gasteiger partial charge in [0.15, 0.2) is 5.84 Å². The van der Waals surface area contributed by atoms with Crippen LogP contribution in [-0.2, 0) is 4.84 Å². The fourth-order valence-corrected chi connectivity index (χ4v) is 1.34. The highest BCUT2D eigenvalue weighted by atomic mass is 16.7. The molecule has 0 spiro atoms. The Labute approximate surface area is 107 Å². The lowest BCUT2D eigenvalue weighted by Crippen LogP contribution is -2.32. The summed E-state index contributed by atoms with van der Waals surface area (Å²) >= 11 is 0. The van der Waals surface area contributed by atoms with Crippen LogP contribution < -0.4 is 5.73 Å². The van der Waals surface area contributed by atoms with Crippen molar-refractivity contribution in [3.63, 3.8) is 0 Å². The Hall–Kier alpha value is -1.85. The summed E-state index contributed by atoms with van der Waals surface area (Å²) in [6, 6.07) is 1.86. The van der Waals surface area contributed by atoms with Gasteiger partial charge >= 0.3 is 6.09 Å². The highest BCUT2D eigenvalue weighted by Crippen LogP contribution is 2.27. The van der Waals surface area contributed by atoms with E-state index < -0.39 is 6.09 Å². The summed E-state index contributed by atoms with van der Waals surface area (Å²) in [6.07, 6.45) is 0.846. The van der Waals surface area contributed by atoms with Gasteiger partial charge in [0, 0.05) is 12.1 Å². The number of amides is 1. The van der Waals surface area contributed by atoms with E-state index in [9.17, 15) is 4.79 Å². The molecule has 0 aliphatic carbocycles. The van der Waals surface area contributed by atoms with E-state index in [2.05, 4.69) is 35.9 Å². The maximum Gasteiger partial charge on any atom is 0.430 e. The number of aromatic nitrogens is 2. The maximum absolute atomic E-state index is 10.7. The van der Waals surface area contributed by atoms with Crippen molar-refractivity contribution in [2.45, 2.75) is 34.6 Å². The van der Waals surface area contributed by atoms with E-state index >= 15 is 0 Å². The van der Waals surface area contributed by atoms with Gasteiger partial charge in [0.2, 0.25) is 0 Å². The third-order valence-electron chi connectivity index (χ3n) is 2.87. The second-order valence-electron chi connectivity index (χ2n) is 5.35. The molecule has 0 saturated heterocycles. The third kappa shape index (κ3) is 3.58. The van der Waals surface area contributed by atoms with Crippen LogP contribution in [0.1, 0.15) is 33.4 Å². The van der Waals surface area contributed by atoms with Crippen LogP contribution in [0.4, 0.5) is 4.79 Å². The minimum atomic E-state index is -0.933. The number of carbonyl (C=O) groups is 1. The molecule has 0 aliphatic rings. The van der Waals surface area contributed by atoms with Gasteiger partial charge in [-0.15, -0.1) is 0 Å². The quantitative estimate of drug-likeness (QED) is 0.379. The molecule has 1 unspecified atom stereocenters. The van der Waals surface area contributed by atoms with Crippen molar-refractivity contribution in [3.8, 4) is 0 Å². The average molecular weight is 252 g/mol. The first-order valence-electron chi connectivity index (χ1n) is 5.79. The zero-order valence-electron chi connectivity index (χ0n) is 11.5. The zero-order valence-corrected chi connectivity index (χ0v) is 11.5. The summed E-state index contributed by atoms with van der Waals surface area (Å²) in [7, 11) is 0. The van der Waals surface area contributed by atoms with Crippen molar-refractivity contribution < 1.29 is 9.63 Å². The second kappa shape index (κ2) is 5.20. The summed E-state index contributed by atoms with van der Waals surface area (Å²) in [5.41, 5.74) is 5.76. The number of nitrogens with two attached hydrogens (primary N) is 1. The number of aryl methyl sites for hydroxylation is 1. The SMILES string of the molecule is Cc1ccn(C(=NOC(N)=O)C(C)C(C)(C)C)n1. The predicted octanol–water partition coefficient (Wildman–Crippen LogP) is 2.13. The second-order valence-corrected chi connectivity index (χ2v) is 5.35. The molecule has 1 aromatic heterocycles. The molecule has 6 heteroatoms. The number of hydrogen-bond acceptors (Lipinski definition) is 4. The van der Waals surface area contributed by atoms with Crippen molar-refractivity contribution in [2.24, 2.45) is 22.2 Å². The molecule has 0 aromatic carbocycles. The van der Waals surface area contributed by atoms with Crippen LogP contribution in [-0.4, -0.2) is 21.7 Å².